The van der Waals surface area contributed by atoms with Crippen molar-refractivity contribution in [3.8, 4) is 5.75 Å². The summed E-state index contributed by atoms with van der Waals surface area (Å²) in [5, 5.41) is 11.4. The van der Waals surface area contributed by atoms with Gasteiger partial charge >= 0.3 is 0 Å². The highest BCUT2D eigenvalue weighted by Gasteiger charge is 2.34. The smallest absolute Gasteiger partial charge is 0.247 e. The Kier molecular flexibility index (Phi) is 8.22. The average Bonchev–Trinajstić information content (AvgIpc) is 3.24. The summed E-state index contributed by atoms with van der Waals surface area (Å²) in [6.45, 7) is 6.38. The van der Waals surface area contributed by atoms with E-state index in [9.17, 15) is 9.59 Å². The summed E-state index contributed by atoms with van der Waals surface area (Å²) in [5.74, 6) is 0.142. The fraction of sp³-hybridized carbons (Fsp3) is 0.440. The highest BCUT2D eigenvalue weighted by atomic mass is 16.5. The SMILES string of the molecule is CCC(C)(C)NC(=O)[C@H](c1ccc(OC)cc1)N(CCOC)C(=O)Cn1nnc2ccccc21. The van der Waals surface area contributed by atoms with Gasteiger partial charge in [-0.2, -0.15) is 0 Å². The van der Waals surface area contributed by atoms with Gasteiger partial charge in [0.1, 0.15) is 23.9 Å². The highest BCUT2D eigenvalue weighted by molar-refractivity contribution is 5.89. The number of benzene rings is 2. The second kappa shape index (κ2) is 11.1. The van der Waals surface area contributed by atoms with Gasteiger partial charge in [0.25, 0.3) is 0 Å². The van der Waals surface area contributed by atoms with Crippen LogP contribution in [0.4, 0.5) is 0 Å². The minimum absolute atomic E-state index is 0.0542. The maximum absolute atomic E-state index is 13.6. The Bertz CT molecular complexity index is 1110. The van der Waals surface area contributed by atoms with Crippen molar-refractivity contribution in [1.82, 2.24) is 25.2 Å². The molecule has 0 aliphatic heterocycles. The van der Waals surface area contributed by atoms with Crippen molar-refractivity contribution < 1.29 is 19.1 Å². The lowest BCUT2D eigenvalue weighted by atomic mass is 9.98. The summed E-state index contributed by atoms with van der Waals surface area (Å²) in [5.41, 5.74) is 1.70. The predicted octanol–water partition coefficient (Wildman–Crippen LogP) is 2.96. The molecule has 34 heavy (non-hydrogen) atoms. The first-order chi connectivity index (χ1) is 16.3. The molecular weight excluding hydrogens is 434 g/mol. The Morgan fingerprint density at radius 2 is 1.82 bits per heavy atom. The van der Waals surface area contributed by atoms with Crippen LogP contribution in [0.3, 0.4) is 0 Å². The number of hydrogen-bond donors (Lipinski definition) is 1. The number of amides is 2. The third kappa shape index (κ3) is 5.91. The lowest BCUT2D eigenvalue weighted by molar-refractivity contribution is -0.142. The van der Waals surface area contributed by atoms with Crippen LogP contribution in [0.15, 0.2) is 48.5 Å². The molecule has 182 valence electrons. The number of aromatic nitrogens is 3. The van der Waals surface area contributed by atoms with Crippen LogP contribution in [0.25, 0.3) is 11.0 Å². The van der Waals surface area contributed by atoms with E-state index in [-0.39, 0.29) is 31.5 Å². The minimum atomic E-state index is -0.853. The molecule has 3 aromatic rings. The first-order valence-corrected chi connectivity index (χ1v) is 11.3. The van der Waals surface area contributed by atoms with Crippen molar-refractivity contribution in [2.75, 3.05) is 27.4 Å². The van der Waals surface area contributed by atoms with Gasteiger partial charge < -0.3 is 19.7 Å². The van der Waals surface area contributed by atoms with Gasteiger partial charge in [0, 0.05) is 19.2 Å². The first kappa shape index (κ1) is 25.2. The Morgan fingerprint density at radius 1 is 1.12 bits per heavy atom. The third-order valence-electron chi connectivity index (χ3n) is 5.90. The molecule has 1 heterocycles. The number of carbonyl (C=O) groups excluding carboxylic acids is 2. The highest BCUT2D eigenvalue weighted by Crippen LogP contribution is 2.26. The topological polar surface area (TPSA) is 98.6 Å². The van der Waals surface area contributed by atoms with Gasteiger partial charge in [-0.3, -0.25) is 9.59 Å². The Balaban J connectivity index is 1.98. The molecule has 0 aliphatic carbocycles. The molecule has 0 saturated carbocycles. The van der Waals surface area contributed by atoms with Crippen LogP contribution in [-0.2, 0) is 20.9 Å². The first-order valence-electron chi connectivity index (χ1n) is 11.3. The molecule has 9 heteroatoms. The third-order valence-corrected chi connectivity index (χ3v) is 5.90. The van der Waals surface area contributed by atoms with Crippen LogP contribution in [0.2, 0.25) is 0 Å². The van der Waals surface area contributed by atoms with Crippen molar-refractivity contribution in [2.45, 2.75) is 45.3 Å². The molecule has 2 amide bonds. The summed E-state index contributed by atoms with van der Waals surface area (Å²) in [7, 11) is 3.15. The fourth-order valence-corrected chi connectivity index (χ4v) is 3.59. The van der Waals surface area contributed by atoms with Gasteiger partial charge in [-0.15, -0.1) is 5.10 Å². The summed E-state index contributed by atoms with van der Waals surface area (Å²) in [6, 6.07) is 13.8. The quantitative estimate of drug-likeness (QED) is 0.466. The van der Waals surface area contributed by atoms with Gasteiger partial charge in [-0.25, -0.2) is 4.68 Å². The summed E-state index contributed by atoms with van der Waals surface area (Å²) >= 11 is 0. The molecular formula is C25H33N5O4. The Hall–Kier alpha value is -3.46. The minimum Gasteiger partial charge on any atom is -0.497 e. The molecule has 2 aromatic carbocycles. The molecule has 3 rings (SSSR count). The second-order valence-corrected chi connectivity index (χ2v) is 8.72. The second-order valence-electron chi connectivity index (χ2n) is 8.72. The Morgan fingerprint density at radius 3 is 2.47 bits per heavy atom. The number of nitrogens with one attached hydrogen (secondary N) is 1. The van der Waals surface area contributed by atoms with Crippen molar-refractivity contribution >= 4 is 22.8 Å². The van der Waals surface area contributed by atoms with Crippen molar-refractivity contribution in [3.63, 3.8) is 0 Å². The van der Waals surface area contributed by atoms with Gasteiger partial charge in [0.15, 0.2) is 0 Å². The molecule has 1 N–H and O–H groups in total. The number of hydrogen-bond acceptors (Lipinski definition) is 6. The number of fused-ring (bicyclic) bond motifs is 1. The number of carbonyl (C=O) groups is 2. The largest absolute Gasteiger partial charge is 0.497 e. The molecule has 1 atom stereocenters. The van der Waals surface area contributed by atoms with Gasteiger partial charge in [-0.1, -0.05) is 36.4 Å². The van der Waals surface area contributed by atoms with Crippen LogP contribution in [0.1, 0.15) is 38.8 Å². The molecule has 1 aromatic heterocycles. The fourth-order valence-electron chi connectivity index (χ4n) is 3.59. The molecule has 0 fully saturated rings. The van der Waals surface area contributed by atoms with Gasteiger partial charge in [-0.05, 0) is 50.1 Å². The van der Waals surface area contributed by atoms with Crippen LogP contribution in [0.5, 0.6) is 5.75 Å². The van der Waals surface area contributed by atoms with E-state index in [1.54, 1.807) is 48.1 Å². The molecule has 0 bridgehead atoms. The van der Waals surface area contributed by atoms with E-state index in [4.69, 9.17) is 9.47 Å². The molecule has 0 aliphatic rings. The van der Waals surface area contributed by atoms with E-state index in [0.29, 0.717) is 16.8 Å². The average molecular weight is 468 g/mol. The number of rotatable bonds is 11. The predicted molar refractivity (Wildman–Crippen MR) is 129 cm³/mol. The van der Waals surface area contributed by atoms with Gasteiger partial charge in [0.2, 0.25) is 11.8 Å². The van der Waals surface area contributed by atoms with Gasteiger partial charge in [0.05, 0.1) is 19.2 Å². The van der Waals surface area contributed by atoms with Crippen LogP contribution in [-0.4, -0.2) is 64.6 Å². The molecule has 0 unspecified atom stereocenters. The van der Waals surface area contributed by atoms with E-state index in [1.807, 2.05) is 45.0 Å². The number of ether oxygens (including phenoxy) is 2. The molecule has 9 nitrogen and oxygen atoms in total. The van der Waals surface area contributed by atoms with Crippen LogP contribution >= 0.6 is 0 Å². The van der Waals surface area contributed by atoms with Crippen molar-refractivity contribution in [3.05, 3.63) is 54.1 Å². The number of para-hydroxylation sites is 1. The zero-order valence-corrected chi connectivity index (χ0v) is 20.4. The van der Waals surface area contributed by atoms with E-state index in [0.717, 1.165) is 11.9 Å². The van der Waals surface area contributed by atoms with Crippen LogP contribution in [0, 0.1) is 0 Å². The summed E-state index contributed by atoms with van der Waals surface area (Å²) in [6.07, 6.45) is 0.741. The monoisotopic (exact) mass is 467 g/mol. The Labute approximate surface area is 200 Å². The lowest BCUT2D eigenvalue weighted by Gasteiger charge is -2.34. The number of methoxy groups -OCH3 is 2. The van der Waals surface area contributed by atoms with E-state index < -0.39 is 11.6 Å². The lowest BCUT2D eigenvalue weighted by Crippen LogP contribution is -2.51. The van der Waals surface area contributed by atoms with Crippen LogP contribution < -0.4 is 10.1 Å². The van der Waals surface area contributed by atoms with E-state index in [2.05, 4.69) is 15.6 Å². The maximum atomic E-state index is 13.6. The van der Waals surface area contributed by atoms with E-state index >= 15 is 0 Å². The normalized spacial score (nSPS) is 12.4. The zero-order valence-electron chi connectivity index (χ0n) is 20.4. The maximum Gasteiger partial charge on any atom is 0.247 e. The van der Waals surface area contributed by atoms with E-state index in [1.165, 1.54) is 0 Å². The summed E-state index contributed by atoms with van der Waals surface area (Å²) < 4.78 is 12.1. The molecule has 0 spiro atoms. The summed E-state index contributed by atoms with van der Waals surface area (Å²) in [4.78, 5) is 28.7. The zero-order chi connectivity index (χ0) is 24.7. The standard InChI is InChI=1S/C25H33N5O4/c1-6-25(2,3)26-24(32)23(18-11-13-19(34-5)14-12-18)29(15-16-33-4)22(31)17-30-21-10-8-7-9-20(21)27-28-30/h7-14,23H,6,15-17H2,1-5H3,(H,26,32)/t23-/m0/s1. The number of nitrogens with zero attached hydrogens (tertiary/aromatic N) is 4. The molecule has 0 saturated heterocycles. The molecule has 0 radical (unpaired) electrons. The van der Waals surface area contributed by atoms with Crippen molar-refractivity contribution in [1.29, 1.82) is 0 Å². The van der Waals surface area contributed by atoms with Crippen molar-refractivity contribution in [2.24, 2.45) is 0 Å².